The van der Waals surface area contributed by atoms with E-state index in [1.54, 1.807) is 19.1 Å². The summed E-state index contributed by atoms with van der Waals surface area (Å²) in [4.78, 5) is 58.7. The number of aryl methyl sites for hydroxylation is 2. The number of hydrogen-bond acceptors (Lipinski definition) is 10. The highest BCUT2D eigenvalue weighted by molar-refractivity contribution is 6.03. The highest BCUT2D eigenvalue weighted by atomic mass is 19.4. The maximum Gasteiger partial charge on any atom is 0.433 e. The van der Waals surface area contributed by atoms with Crippen LogP contribution in [-0.4, -0.2) is 84.8 Å². The molecule has 2 aliphatic heterocycles. The molecule has 16 heteroatoms. The number of nitrogens with one attached hydrogen (secondary N) is 1. The van der Waals surface area contributed by atoms with E-state index in [0.29, 0.717) is 17.1 Å². The third kappa shape index (κ3) is 5.06. The molecule has 13 nitrogen and oxygen atoms in total. The molecule has 5 rings (SSSR count). The SMILES string of the molecule is Cc1noc(CN2C(=O)C3C(N=CN3CC(=O)Nc3cccc(-c4cnc(C(F)(F)F)c(C)c4)n3)N(C)C2=O)n1. The molecule has 5 heterocycles. The van der Waals surface area contributed by atoms with Gasteiger partial charge >= 0.3 is 12.2 Å². The Kier molecular flexibility index (Phi) is 6.69. The van der Waals surface area contributed by atoms with Crippen LogP contribution in [0.15, 0.2) is 40.0 Å². The van der Waals surface area contributed by atoms with Crippen molar-refractivity contribution in [3.05, 3.63) is 53.4 Å². The summed E-state index contributed by atoms with van der Waals surface area (Å²) in [6.45, 7) is 2.38. The number of aromatic nitrogens is 4. The third-order valence-corrected chi connectivity index (χ3v) is 6.30. The minimum atomic E-state index is -4.57. The number of likely N-dealkylation sites (N-methyl/N-ethyl adjacent to an activating group) is 1. The van der Waals surface area contributed by atoms with Gasteiger partial charge in [0.05, 0.1) is 18.6 Å². The van der Waals surface area contributed by atoms with E-state index in [4.69, 9.17) is 4.52 Å². The Hall–Kier alpha value is -4.89. The molecule has 2 atom stereocenters. The van der Waals surface area contributed by atoms with E-state index in [1.165, 1.54) is 42.2 Å². The number of urea groups is 1. The monoisotopic (exact) mass is 557 g/mol. The molecule has 0 bridgehead atoms. The number of hydrogen-bond donors (Lipinski definition) is 1. The molecule has 4 amide bonds. The molecule has 40 heavy (non-hydrogen) atoms. The highest BCUT2D eigenvalue weighted by Gasteiger charge is 2.50. The molecule has 3 aromatic rings. The number of rotatable bonds is 6. The van der Waals surface area contributed by atoms with Crippen molar-refractivity contribution < 1.29 is 32.1 Å². The van der Waals surface area contributed by atoms with E-state index in [2.05, 4.69) is 30.4 Å². The average Bonchev–Trinajstić information content (AvgIpc) is 3.50. The summed E-state index contributed by atoms with van der Waals surface area (Å²) >= 11 is 0. The van der Waals surface area contributed by atoms with Crippen LogP contribution in [0.4, 0.5) is 23.8 Å². The van der Waals surface area contributed by atoms with E-state index < -0.39 is 41.9 Å². The molecule has 0 aliphatic carbocycles. The molecule has 208 valence electrons. The lowest BCUT2D eigenvalue weighted by Gasteiger charge is -2.40. The molecule has 2 aliphatic rings. The fourth-order valence-electron chi connectivity index (χ4n) is 4.47. The smallest absolute Gasteiger partial charge is 0.338 e. The Balaban J connectivity index is 1.28. The van der Waals surface area contributed by atoms with E-state index in [1.807, 2.05) is 0 Å². The van der Waals surface area contributed by atoms with Gasteiger partial charge in [0.25, 0.3) is 5.91 Å². The van der Waals surface area contributed by atoms with Crippen molar-refractivity contribution in [2.45, 2.75) is 38.8 Å². The Labute approximate surface area is 224 Å². The Morgan fingerprint density at radius 1 is 1.18 bits per heavy atom. The molecule has 0 saturated carbocycles. The minimum Gasteiger partial charge on any atom is -0.338 e. The van der Waals surface area contributed by atoms with Crippen LogP contribution in [0.3, 0.4) is 0 Å². The van der Waals surface area contributed by atoms with Crippen LogP contribution in [0.1, 0.15) is 23.0 Å². The maximum absolute atomic E-state index is 13.3. The number of nitrogens with zero attached hydrogens (tertiary/aromatic N) is 8. The highest BCUT2D eigenvalue weighted by Crippen LogP contribution is 2.32. The van der Waals surface area contributed by atoms with E-state index in [0.717, 1.165) is 11.1 Å². The van der Waals surface area contributed by atoms with Gasteiger partial charge in [0.2, 0.25) is 11.8 Å². The molecular formula is C24H22F3N9O4. The number of amides is 4. The normalized spacial score (nSPS) is 18.9. The number of halogens is 3. The zero-order chi connectivity index (χ0) is 28.8. The number of fused-ring (bicyclic) bond motifs is 1. The molecule has 0 spiro atoms. The van der Waals surface area contributed by atoms with Crippen molar-refractivity contribution in [1.82, 2.24) is 34.8 Å². The van der Waals surface area contributed by atoms with Gasteiger partial charge in [-0.1, -0.05) is 11.2 Å². The van der Waals surface area contributed by atoms with Gasteiger partial charge < -0.3 is 19.6 Å². The fraction of sp³-hybridized carbons (Fsp3) is 0.333. The van der Waals surface area contributed by atoms with Gasteiger partial charge in [0.15, 0.2) is 18.0 Å². The summed E-state index contributed by atoms with van der Waals surface area (Å²) in [7, 11) is 1.49. The molecule has 3 aromatic heterocycles. The van der Waals surface area contributed by atoms with Gasteiger partial charge in [-0.05, 0) is 37.6 Å². The minimum absolute atomic E-state index is 0.0621. The van der Waals surface area contributed by atoms with Crippen molar-refractivity contribution in [3.8, 4) is 11.3 Å². The van der Waals surface area contributed by atoms with Crippen LogP contribution < -0.4 is 5.32 Å². The van der Waals surface area contributed by atoms with Crippen molar-refractivity contribution >= 4 is 30.0 Å². The van der Waals surface area contributed by atoms with Crippen LogP contribution in [0.5, 0.6) is 0 Å². The van der Waals surface area contributed by atoms with E-state index in [9.17, 15) is 27.6 Å². The first-order chi connectivity index (χ1) is 18.9. The average molecular weight is 557 g/mol. The topological polar surface area (TPSA) is 150 Å². The lowest BCUT2D eigenvalue weighted by Crippen LogP contribution is -2.64. The second kappa shape index (κ2) is 10.0. The number of aliphatic imine (C=N–C) groups is 1. The van der Waals surface area contributed by atoms with Gasteiger partial charge in [0, 0.05) is 18.8 Å². The van der Waals surface area contributed by atoms with E-state index >= 15 is 0 Å². The molecule has 1 N–H and O–H groups in total. The molecule has 1 fully saturated rings. The first-order valence-corrected chi connectivity index (χ1v) is 11.9. The lowest BCUT2D eigenvalue weighted by molar-refractivity contribution is -0.141. The van der Waals surface area contributed by atoms with E-state index in [-0.39, 0.29) is 30.4 Å². The zero-order valence-corrected chi connectivity index (χ0v) is 21.4. The standard InChI is InChI=1S/C24H22F3N9O4/c1-12-7-14(8-28-20(12)24(25,26)27)15-5-4-6-16(31-15)32-17(37)9-35-11-29-21-19(35)22(38)36(23(39)34(21)3)10-18-30-13(2)33-40-18/h4-8,11,19,21H,9-10H2,1-3H3,(H,31,32,37). The number of alkyl halides is 3. The maximum atomic E-state index is 13.3. The molecule has 0 aromatic carbocycles. The molecular weight excluding hydrogens is 535 g/mol. The largest absolute Gasteiger partial charge is 0.433 e. The number of carbonyl (C=O) groups excluding carboxylic acids is 3. The molecule has 2 unspecified atom stereocenters. The first kappa shape index (κ1) is 26.7. The van der Waals surface area contributed by atoms with Crippen molar-refractivity contribution in [1.29, 1.82) is 0 Å². The number of pyridine rings is 2. The van der Waals surface area contributed by atoms with Gasteiger partial charge in [-0.2, -0.15) is 18.2 Å². The summed E-state index contributed by atoms with van der Waals surface area (Å²) in [5.41, 5.74) is -0.401. The van der Waals surface area contributed by atoms with Crippen LogP contribution in [0.2, 0.25) is 0 Å². The van der Waals surface area contributed by atoms with Gasteiger partial charge in [0.1, 0.15) is 18.1 Å². The lowest BCUT2D eigenvalue weighted by atomic mass is 10.1. The zero-order valence-electron chi connectivity index (χ0n) is 21.4. The van der Waals surface area contributed by atoms with Crippen molar-refractivity contribution in [3.63, 3.8) is 0 Å². The van der Waals surface area contributed by atoms with Gasteiger partial charge in [-0.3, -0.25) is 19.5 Å². The summed E-state index contributed by atoms with van der Waals surface area (Å²) in [6.07, 6.45) is -3.00. The number of anilines is 1. The van der Waals surface area contributed by atoms with Gasteiger partial charge in [-0.25, -0.2) is 14.8 Å². The van der Waals surface area contributed by atoms with Gasteiger partial charge in [-0.15, -0.1) is 0 Å². The summed E-state index contributed by atoms with van der Waals surface area (Å²) < 4.78 is 44.2. The molecule has 1 saturated heterocycles. The molecule has 0 radical (unpaired) electrons. The quantitative estimate of drug-likeness (QED) is 0.481. The second-order valence-corrected chi connectivity index (χ2v) is 9.19. The predicted molar refractivity (Wildman–Crippen MR) is 131 cm³/mol. The summed E-state index contributed by atoms with van der Waals surface area (Å²) in [5, 5.41) is 6.28. The Bertz CT molecular complexity index is 1520. The summed E-state index contributed by atoms with van der Waals surface area (Å²) in [5.74, 6) is -0.547. The number of imide groups is 1. The first-order valence-electron chi connectivity index (χ1n) is 11.9. The Morgan fingerprint density at radius 2 is 1.95 bits per heavy atom. The summed E-state index contributed by atoms with van der Waals surface area (Å²) in [6, 6.07) is 4.43. The van der Waals surface area contributed by atoms with Crippen LogP contribution in [0.25, 0.3) is 11.3 Å². The Morgan fingerprint density at radius 3 is 2.62 bits per heavy atom. The number of carbonyl (C=O) groups is 3. The van der Waals surface area contributed by atoms with Crippen LogP contribution in [0, 0.1) is 13.8 Å². The van der Waals surface area contributed by atoms with Crippen LogP contribution >= 0.6 is 0 Å². The predicted octanol–water partition coefficient (Wildman–Crippen LogP) is 2.23. The second-order valence-electron chi connectivity index (χ2n) is 9.19. The fourth-order valence-corrected chi connectivity index (χ4v) is 4.47. The van der Waals surface area contributed by atoms with Crippen molar-refractivity contribution in [2.24, 2.45) is 4.99 Å². The van der Waals surface area contributed by atoms with Crippen molar-refractivity contribution in [2.75, 3.05) is 18.9 Å². The third-order valence-electron chi connectivity index (χ3n) is 6.30. The van der Waals surface area contributed by atoms with Crippen LogP contribution in [-0.2, 0) is 22.3 Å².